The standard InChI is InChI=1S/C16H13F3N4O3S/c1-7-4-11(16(17,18)19)23-12(20-7)6-10(22-23)13(24)21-14-9(15(25)26-3)5-8(2)27-14/h4-6H,1-3H3,(H,21,24). The van der Waals surface area contributed by atoms with Crippen molar-refractivity contribution in [1.29, 1.82) is 0 Å². The molecule has 7 nitrogen and oxygen atoms in total. The molecular formula is C16H13F3N4O3S. The van der Waals surface area contributed by atoms with Crippen molar-refractivity contribution in [3.05, 3.63) is 45.7 Å². The largest absolute Gasteiger partial charge is 0.465 e. The van der Waals surface area contributed by atoms with Crippen LogP contribution in [0.3, 0.4) is 0 Å². The van der Waals surface area contributed by atoms with Gasteiger partial charge >= 0.3 is 12.1 Å². The zero-order chi connectivity index (χ0) is 19.9. The van der Waals surface area contributed by atoms with E-state index in [1.54, 1.807) is 13.0 Å². The number of aromatic nitrogens is 3. The van der Waals surface area contributed by atoms with Gasteiger partial charge in [0.2, 0.25) is 0 Å². The molecule has 0 atom stereocenters. The molecule has 0 bridgehead atoms. The van der Waals surface area contributed by atoms with E-state index < -0.39 is 23.7 Å². The Morgan fingerprint density at radius 2 is 1.93 bits per heavy atom. The van der Waals surface area contributed by atoms with E-state index in [4.69, 9.17) is 0 Å². The average molecular weight is 398 g/mol. The molecule has 3 aromatic heterocycles. The summed E-state index contributed by atoms with van der Waals surface area (Å²) >= 11 is 1.13. The van der Waals surface area contributed by atoms with Crippen LogP contribution in [0.25, 0.3) is 5.65 Å². The first-order chi connectivity index (χ1) is 12.6. The number of nitrogens with one attached hydrogen (secondary N) is 1. The Labute approximate surface area is 154 Å². The average Bonchev–Trinajstić information content (AvgIpc) is 3.15. The number of carbonyl (C=O) groups is 2. The van der Waals surface area contributed by atoms with Gasteiger partial charge in [0.05, 0.1) is 12.7 Å². The van der Waals surface area contributed by atoms with Gasteiger partial charge in [0.15, 0.2) is 11.3 Å². The van der Waals surface area contributed by atoms with Crippen LogP contribution in [-0.2, 0) is 10.9 Å². The van der Waals surface area contributed by atoms with E-state index in [1.165, 1.54) is 14.0 Å². The number of rotatable bonds is 3. The molecule has 27 heavy (non-hydrogen) atoms. The van der Waals surface area contributed by atoms with Gasteiger partial charge in [-0.2, -0.15) is 18.3 Å². The molecule has 0 aromatic carbocycles. The topological polar surface area (TPSA) is 85.6 Å². The van der Waals surface area contributed by atoms with E-state index in [0.717, 1.165) is 28.3 Å². The molecule has 0 radical (unpaired) electrons. The molecule has 0 aliphatic carbocycles. The summed E-state index contributed by atoms with van der Waals surface area (Å²) < 4.78 is 44.8. The quantitative estimate of drug-likeness (QED) is 0.683. The van der Waals surface area contributed by atoms with Gasteiger partial charge in [0, 0.05) is 16.6 Å². The van der Waals surface area contributed by atoms with E-state index in [1.807, 2.05) is 0 Å². The number of hydrogen-bond donors (Lipinski definition) is 1. The minimum Gasteiger partial charge on any atom is -0.465 e. The number of hydrogen-bond acceptors (Lipinski definition) is 6. The van der Waals surface area contributed by atoms with Gasteiger partial charge in [-0.15, -0.1) is 11.3 Å². The Hall–Kier alpha value is -2.95. The van der Waals surface area contributed by atoms with Gasteiger partial charge in [-0.25, -0.2) is 14.3 Å². The van der Waals surface area contributed by atoms with Crippen LogP contribution in [0.2, 0.25) is 0 Å². The Bertz CT molecular complexity index is 1060. The maximum absolute atomic E-state index is 13.2. The van der Waals surface area contributed by atoms with Gasteiger partial charge in [-0.1, -0.05) is 0 Å². The lowest BCUT2D eigenvalue weighted by atomic mass is 10.3. The van der Waals surface area contributed by atoms with Crippen LogP contribution in [0.4, 0.5) is 18.2 Å². The lowest BCUT2D eigenvalue weighted by Gasteiger charge is -2.09. The van der Waals surface area contributed by atoms with Crippen molar-refractivity contribution in [2.45, 2.75) is 20.0 Å². The number of amides is 1. The van der Waals surface area contributed by atoms with Crippen molar-refractivity contribution in [3.63, 3.8) is 0 Å². The molecule has 0 spiro atoms. The summed E-state index contributed by atoms with van der Waals surface area (Å²) in [4.78, 5) is 29.0. The molecular weight excluding hydrogens is 385 g/mol. The zero-order valence-corrected chi connectivity index (χ0v) is 15.2. The summed E-state index contributed by atoms with van der Waals surface area (Å²) in [6.07, 6.45) is -4.66. The van der Waals surface area contributed by atoms with Crippen LogP contribution < -0.4 is 5.32 Å². The molecule has 1 amide bonds. The molecule has 1 N–H and O–H groups in total. The highest BCUT2D eigenvalue weighted by molar-refractivity contribution is 7.16. The van der Waals surface area contributed by atoms with Crippen molar-refractivity contribution >= 4 is 33.9 Å². The summed E-state index contributed by atoms with van der Waals surface area (Å²) in [5, 5.41) is 6.44. The lowest BCUT2D eigenvalue weighted by Crippen LogP contribution is -2.16. The first-order valence-electron chi connectivity index (χ1n) is 7.55. The second-order valence-electron chi connectivity index (χ2n) is 5.63. The first kappa shape index (κ1) is 18.8. The number of esters is 1. The molecule has 142 valence electrons. The van der Waals surface area contributed by atoms with Crippen molar-refractivity contribution < 1.29 is 27.5 Å². The summed E-state index contributed by atoms with van der Waals surface area (Å²) in [5.74, 6) is -1.40. The number of fused-ring (bicyclic) bond motifs is 1. The third kappa shape index (κ3) is 3.63. The Morgan fingerprint density at radius 3 is 2.56 bits per heavy atom. The minimum atomic E-state index is -4.66. The van der Waals surface area contributed by atoms with E-state index in [-0.39, 0.29) is 27.6 Å². The number of thiophene rings is 1. The van der Waals surface area contributed by atoms with Crippen molar-refractivity contribution in [2.75, 3.05) is 12.4 Å². The molecule has 0 aliphatic heterocycles. The highest BCUT2D eigenvalue weighted by Crippen LogP contribution is 2.31. The van der Waals surface area contributed by atoms with Crippen LogP contribution in [-0.4, -0.2) is 33.6 Å². The molecule has 0 aliphatic rings. The Balaban J connectivity index is 1.99. The van der Waals surface area contributed by atoms with Crippen molar-refractivity contribution in [3.8, 4) is 0 Å². The Kier molecular flexibility index (Phi) is 4.64. The zero-order valence-electron chi connectivity index (χ0n) is 14.3. The van der Waals surface area contributed by atoms with Crippen LogP contribution in [0.1, 0.15) is 37.1 Å². The summed E-state index contributed by atoms with van der Waals surface area (Å²) in [7, 11) is 1.20. The number of alkyl halides is 3. The SMILES string of the molecule is COC(=O)c1cc(C)sc1NC(=O)c1cc2nc(C)cc(C(F)(F)F)n2n1. The maximum atomic E-state index is 13.2. The molecule has 0 saturated heterocycles. The smallest absolute Gasteiger partial charge is 0.433 e. The highest BCUT2D eigenvalue weighted by Gasteiger charge is 2.35. The fourth-order valence-corrected chi connectivity index (χ4v) is 3.34. The summed E-state index contributed by atoms with van der Waals surface area (Å²) in [5.41, 5.74) is -1.11. The normalized spacial score (nSPS) is 11.6. The number of aryl methyl sites for hydroxylation is 2. The maximum Gasteiger partial charge on any atom is 0.433 e. The van der Waals surface area contributed by atoms with E-state index in [2.05, 4.69) is 20.1 Å². The molecule has 0 saturated carbocycles. The number of halogens is 3. The molecule has 3 aromatic rings. The van der Waals surface area contributed by atoms with Gasteiger partial charge in [-0.05, 0) is 26.0 Å². The number of ether oxygens (including phenoxy) is 1. The minimum absolute atomic E-state index is 0.108. The number of anilines is 1. The van der Waals surface area contributed by atoms with Crippen LogP contribution >= 0.6 is 11.3 Å². The summed E-state index contributed by atoms with van der Waals surface area (Å²) in [6, 6.07) is 3.54. The second kappa shape index (κ2) is 6.65. The lowest BCUT2D eigenvalue weighted by molar-refractivity contribution is -0.142. The van der Waals surface area contributed by atoms with E-state index >= 15 is 0 Å². The monoisotopic (exact) mass is 398 g/mol. The van der Waals surface area contributed by atoms with Gasteiger partial charge in [-0.3, -0.25) is 4.79 Å². The predicted molar refractivity (Wildman–Crippen MR) is 91.1 cm³/mol. The first-order valence-corrected chi connectivity index (χ1v) is 8.36. The number of nitrogens with zero attached hydrogens (tertiary/aromatic N) is 3. The van der Waals surface area contributed by atoms with Gasteiger partial charge < -0.3 is 10.1 Å². The number of carbonyl (C=O) groups excluding carboxylic acids is 2. The molecule has 11 heteroatoms. The predicted octanol–water partition coefficient (Wildman–Crippen LogP) is 3.47. The van der Waals surface area contributed by atoms with Gasteiger partial charge in [0.1, 0.15) is 10.7 Å². The molecule has 3 rings (SSSR count). The van der Waals surface area contributed by atoms with Crippen LogP contribution in [0.15, 0.2) is 18.2 Å². The fourth-order valence-electron chi connectivity index (χ4n) is 2.45. The highest BCUT2D eigenvalue weighted by atomic mass is 32.1. The third-order valence-electron chi connectivity index (χ3n) is 3.57. The summed E-state index contributed by atoms with van der Waals surface area (Å²) in [6.45, 7) is 3.15. The second-order valence-corrected chi connectivity index (χ2v) is 6.88. The number of methoxy groups -OCH3 is 1. The van der Waals surface area contributed by atoms with E-state index in [9.17, 15) is 22.8 Å². The molecule has 3 heterocycles. The third-order valence-corrected chi connectivity index (χ3v) is 4.53. The van der Waals surface area contributed by atoms with Crippen LogP contribution in [0, 0.1) is 13.8 Å². The Morgan fingerprint density at radius 1 is 1.22 bits per heavy atom. The van der Waals surface area contributed by atoms with Crippen LogP contribution in [0.5, 0.6) is 0 Å². The van der Waals surface area contributed by atoms with E-state index in [0.29, 0.717) is 4.52 Å². The molecule has 0 fully saturated rings. The van der Waals surface area contributed by atoms with Crippen molar-refractivity contribution in [1.82, 2.24) is 14.6 Å². The molecule has 0 unspecified atom stereocenters. The van der Waals surface area contributed by atoms with Gasteiger partial charge in [0.25, 0.3) is 5.91 Å². The van der Waals surface area contributed by atoms with Crippen molar-refractivity contribution in [2.24, 2.45) is 0 Å². The fraction of sp³-hybridized carbons (Fsp3) is 0.250.